The first-order chi connectivity index (χ1) is 15.4. The number of aliphatic hydroxyl groups is 1. The van der Waals surface area contributed by atoms with Crippen molar-refractivity contribution in [1.82, 2.24) is 10.3 Å². The van der Waals surface area contributed by atoms with E-state index in [9.17, 15) is 18.0 Å². The monoisotopic (exact) mass is 459 g/mol. The van der Waals surface area contributed by atoms with Gasteiger partial charge in [0.25, 0.3) is 5.91 Å². The van der Waals surface area contributed by atoms with Gasteiger partial charge in [-0.1, -0.05) is 23.9 Å². The highest BCUT2D eigenvalue weighted by atomic mass is 32.2. The molecule has 0 saturated carbocycles. The molecule has 2 aromatic carbocycles. The highest BCUT2D eigenvalue weighted by molar-refractivity contribution is 7.99. The van der Waals surface area contributed by atoms with Gasteiger partial charge in [0.15, 0.2) is 0 Å². The number of rotatable bonds is 6. The third-order valence-corrected chi connectivity index (χ3v) is 6.04. The van der Waals surface area contributed by atoms with Crippen LogP contribution in [0.5, 0.6) is 0 Å². The predicted molar refractivity (Wildman–Crippen MR) is 116 cm³/mol. The molecule has 0 radical (unpaired) electrons. The second-order valence-corrected chi connectivity index (χ2v) is 8.31. The third kappa shape index (κ3) is 4.73. The number of hydrogen-bond acceptors (Lipinski definition) is 5. The molecule has 0 fully saturated rings. The van der Waals surface area contributed by atoms with Crippen molar-refractivity contribution in [1.29, 1.82) is 0 Å². The Morgan fingerprint density at radius 2 is 1.91 bits per heavy atom. The maximum Gasteiger partial charge on any atom is 0.416 e. The van der Waals surface area contributed by atoms with E-state index in [0.29, 0.717) is 29.2 Å². The summed E-state index contributed by atoms with van der Waals surface area (Å²) in [6, 6.07) is 14.3. The Labute approximate surface area is 187 Å². The summed E-state index contributed by atoms with van der Waals surface area (Å²) in [6.07, 6.45) is -2.10. The zero-order valence-corrected chi connectivity index (χ0v) is 17.7. The van der Waals surface area contributed by atoms with Crippen molar-refractivity contribution in [2.75, 3.05) is 24.6 Å². The van der Waals surface area contributed by atoms with Crippen LogP contribution in [0.25, 0.3) is 0 Å². The minimum atomic E-state index is -4.39. The maximum absolute atomic E-state index is 13.0. The van der Waals surface area contributed by atoms with Crippen molar-refractivity contribution in [2.24, 2.45) is 0 Å². The van der Waals surface area contributed by atoms with Crippen LogP contribution in [-0.2, 0) is 12.6 Å². The van der Waals surface area contributed by atoms with E-state index < -0.39 is 11.7 Å². The van der Waals surface area contributed by atoms with Crippen LogP contribution in [0.15, 0.2) is 70.6 Å². The molecule has 0 unspecified atom stereocenters. The predicted octanol–water partition coefficient (Wildman–Crippen LogP) is 4.67. The van der Waals surface area contributed by atoms with Gasteiger partial charge >= 0.3 is 6.18 Å². The minimum Gasteiger partial charge on any atom is -0.395 e. The summed E-state index contributed by atoms with van der Waals surface area (Å²) in [5.74, 6) is 0.424. The third-order valence-electron chi connectivity index (χ3n) is 5.06. The van der Waals surface area contributed by atoms with Crippen molar-refractivity contribution in [3.63, 3.8) is 0 Å². The van der Waals surface area contributed by atoms with Crippen LogP contribution in [0.1, 0.15) is 21.5 Å². The molecule has 0 spiro atoms. The van der Waals surface area contributed by atoms with Gasteiger partial charge in [0.2, 0.25) is 0 Å². The van der Waals surface area contributed by atoms with Crippen molar-refractivity contribution < 1.29 is 23.1 Å². The number of anilines is 2. The number of benzene rings is 2. The number of aromatic nitrogens is 1. The summed E-state index contributed by atoms with van der Waals surface area (Å²) in [4.78, 5) is 20.1. The lowest BCUT2D eigenvalue weighted by molar-refractivity contribution is -0.137. The first kappa shape index (κ1) is 22.2. The second-order valence-electron chi connectivity index (χ2n) is 7.16. The van der Waals surface area contributed by atoms with Crippen LogP contribution in [0.3, 0.4) is 0 Å². The minimum absolute atomic E-state index is 0.132. The molecule has 0 atom stereocenters. The summed E-state index contributed by atoms with van der Waals surface area (Å²) >= 11 is 1.23. The van der Waals surface area contributed by atoms with Crippen LogP contribution in [0.4, 0.5) is 24.7 Å². The van der Waals surface area contributed by atoms with Gasteiger partial charge in [-0.3, -0.25) is 4.79 Å². The lowest BCUT2D eigenvalue weighted by Crippen LogP contribution is -2.27. The number of carbonyl (C=O) groups excluding carboxylic acids is 1. The lowest BCUT2D eigenvalue weighted by atomic mass is 10.0. The van der Waals surface area contributed by atoms with E-state index in [0.717, 1.165) is 28.3 Å². The Bertz CT molecular complexity index is 1140. The normalized spacial score (nSPS) is 13.2. The first-order valence-electron chi connectivity index (χ1n) is 9.96. The van der Waals surface area contributed by atoms with Crippen molar-refractivity contribution >= 4 is 29.2 Å². The fourth-order valence-corrected chi connectivity index (χ4v) is 4.53. The van der Waals surface area contributed by atoms with Gasteiger partial charge in [0.1, 0.15) is 5.82 Å². The Hall–Kier alpha value is -3.04. The van der Waals surface area contributed by atoms with E-state index in [4.69, 9.17) is 5.11 Å². The fraction of sp³-hybridized carbons (Fsp3) is 0.217. The molecule has 0 aliphatic carbocycles. The smallest absolute Gasteiger partial charge is 0.395 e. The molecule has 166 valence electrons. The summed E-state index contributed by atoms with van der Waals surface area (Å²) in [5, 5.41) is 11.6. The van der Waals surface area contributed by atoms with Gasteiger partial charge in [-0.25, -0.2) is 4.98 Å². The number of amides is 1. The molecule has 5 nitrogen and oxygen atoms in total. The fourth-order valence-electron chi connectivity index (χ4n) is 3.63. The highest BCUT2D eigenvalue weighted by Gasteiger charge is 2.30. The number of pyridine rings is 1. The van der Waals surface area contributed by atoms with Crippen LogP contribution in [-0.4, -0.2) is 35.7 Å². The van der Waals surface area contributed by atoms with Crippen LogP contribution in [0, 0.1) is 0 Å². The van der Waals surface area contributed by atoms with Gasteiger partial charge in [-0.15, -0.1) is 0 Å². The largest absolute Gasteiger partial charge is 0.416 e. The molecular weight excluding hydrogens is 439 g/mol. The van der Waals surface area contributed by atoms with E-state index >= 15 is 0 Å². The van der Waals surface area contributed by atoms with Gasteiger partial charge in [0.05, 0.1) is 12.2 Å². The van der Waals surface area contributed by atoms with Crippen molar-refractivity contribution in [3.05, 3.63) is 77.5 Å². The number of hydrogen-bond donors (Lipinski definition) is 2. The van der Waals surface area contributed by atoms with E-state index in [1.807, 2.05) is 17.0 Å². The Kier molecular flexibility index (Phi) is 6.38. The van der Waals surface area contributed by atoms with Crippen molar-refractivity contribution in [2.45, 2.75) is 22.4 Å². The first-order valence-corrected chi connectivity index (χ1v) is 10.8. The van der Waals surface area contributed by atoms with Gasteiger partial charge in [0, 0.05) is 40.3 Å². The molecule has 1 aliphatic heterocycles. The van der Waals surface area contributed by atoms with Gasteiger partial charge in [-0.2, -0.15) is 13.2 Å². The molecule has 9 heteroatoms. The highest BCUT2D eigenvalue weighted by Crippen LogP contribution is 2.38. The summed E-state index contributed by atoms with van der Waals surface area (Å²) < 4.78 is 39.0. The average molecular weight is 459 g/mol. The van der Waals surface area contributed by atoms with Gasteiger partial charge in [-0.05, 0) is 54.4 Å². The van der Waals surface area contributed by atoms with E-state index in [2.05, 4.69) is 10.3 Å². The number of aliphatic hydroxyl groups excluding tert-OH is 1. The number of halogens is 3. The Balaban J connectivity index is 1.58. The molecule has 1 amide bonds. The van der Waals surface area contributed by atoms with E-state index in [-0.39, 0.29) is 19.1 Å². The topological polar surface area (TPSA) is 65.5 Å². The molecule has 0 saturated heterocycles. The average Bonchev–Trinajstić information content (AvgIpc) is 3.21. The quantitative estimate of drug-likeness (QED) is 0.561. The van der Waals surface area contributed by atoms with Crippen LogP contribution < -0.4 is 10.2 Å². The van der Waals surface area contributed by atoms with Crippen molar-refractivity contribution in [3.8, 4) is 0 Å². The summed E-state index contributed by atoms with van der Waals surface area (Å²) in [7, 11) is 0. The second kappa shape index (κ2) is 9.22. The molecule has 2 N–H and O–H groups in total. The summed E-state index contributed by atoms with van der Waals surface area (Å²) in [6.45, 7) is 0.681. The Morgan fingerprint density at radius 1 is 1.12 bits per heavy atom. The number of nitrogens with zero attached hydrogens (tertiary/aromatic N) is 2. The SMILES string of the molecule is O=C(NCCO)c1cccc2c1CCN2c1cc(Sc2cccc(C(F)(F)F)c2)ccn1. The van der Waals surface area contributed by atoms with E-state index in [1.54, 1.807) is 30.5 Å². The molecule has 32 heavy (non-hydrogen) atoms. The number of fused-ring (bicyclic) bond motifs is 1. The van der Waals surface area contributed by atoms with Crippen LogP contribution >= 0.6 is 11.8 Å². The molecule has 0 bridgehead atoms. The molecule has 4 rings (SSSR count). The van der Waals surface area contributed by atoms with Gasteiger partial charge < -0.3 is 15.3 Å². The zero-order valence-electron chi connectivity index (χ0n) is 16.9. The van der Waals surface area contributed by atoms with E-state index in [1.165, 1.54) is 17.8 Å². The number of alkyl halides is 3. The lowest BCUT2D eigenvalue weighted by Gasteiger charge is -2.19. The summed E-state index contributed by atoms with van der Waals surface area (Å²) in [5.41, 5.74) is 1.65. The molecule has 1 aromatic heterocycles. The van der Waals surface area contributed by atoms with Crippen LogP contribution in [0.2, 0.25) is 0 Å². The standard InChI is InChI=1S/C23H20F3N3O2S/c24-23(25,26)15-3-1-4-16(13-15)32-17-7-9-27-21(14-17)29-11-8-18-19(5-2-6-20(18)29)22(31)28-10-12-30/h1-7,9,13-14,30H,8,10-12H2,(H,28,31). The maximum atomic E-state index is 13.0. The zero-order chi connectivity index (χ0) is 22.7. The number of carbonyl (C=O) groups is 1. The molecular formula is C23H20F3N3O2S. The molecule has 2 heterocycles. The molecule has 3 aromatic rings. The molecule has 1 aliphatic rings. The Morgan fingerprint density at radius 3 is 2.69 bits per heavy atom. The number of nitrogens with one attached hydrogen (secondary N) is 1.